The smallest absolute Gasteiger partial charge is 0.194 e. The Morgan fingerprint density at radius 1 is 1.29 bits per heavy atom. The van der Waals surface area contributed by atoms with Crippen molar-refractivity contribution in [2.75, 3.05) is 44.7 Å². The molecule has 0 saturated carbocycles. The molecule has 2 aliphatic rings. The zero-order chi connectivity index (χ0) is 19.7. The van der Waals surface area contributed by atoms with Crippen molar-refractivity contribution in [3.8, 4) is 5.75 Å². The summed E-state index contributed by atoms with van der Waals surface area (Å²) in [6.45, 7) is 16.5. The van der Waals surface area contributed by atoms with E-state index < -0.39 is 0 Å². The molecule has 0 spiro atoms. The van der Waals surface area contributed by atoms with Crippen molar-refractivity contribution >= 4 is 35.6 Å². The van der Waals surface area contributed by atoms with E-state index in [1.54, 1.807) is 7.11 Å². The van der Waals surface area contributed by atoms with Gasteiger partial charge in [0.1, 0.15) is 5.75 Å². The first kappa shape index (κ1) is 23.1. The zero-order valence-corrected chi connectivity index (χ0v) is 20.6. The summed E-state index contributed by atoms with van der Waals surface area (Å²) in [5, 5.41) is 3.51. The molecule has 0 amide bonds. The highest BCUT2D eigenvalue weighted by atomic mass is 127. The van der Waals surface area contributed by atoms with Crippen LogP contribution >= 0.6 is 24.0 Å². The van der Waals surface area contributed by atoms with Crippen LogP contribution in [0.1, 0.15) is 41.0 Å². The maximum absolute atomic E-state index is 5.37. The van der Waals surface area contributed by atoms with Gasteiger partial charge in [0, 0.05) is 55.4 Å². The number of nitrogens with one attached hydrogen (secondary N) is 1. The molecular formula is C22H37IN4O. The minimum absolute atomic E-state index is 0. The average molecular weight is 500 g/mol. The Morgan fingerprint density at radius 3 is 2.64 bits per heavy atom. The van der Waals surface area contributed by atoms with Crippen molar-refractivity contribution in [1.29, 1.82) is 0 Å². The molecule has 6 heteroatoms. The number of hydrogen-bond donors (Lipinski definition) is 1. The Labute approximate surface area is 187 Å². The van der Waals surface area contributed by atoms with Crippen LogP contribution in [-0.4, -0.2) is 56.2 Å². The number of guanidine groups is 1. The van der Waals surface area contributed by atoms with Gasteiger partial charge in [-0.2, -0.15) is 0 Å². The number of ether oxygens (including phenoxy) is 1. The minimum Gasteiger partial charge on any atom is -0.497 e. The van der Waals surface area contributed by atoms with Gasteiger partial charge in [-0.05, 0) is 45.2 Å². The van der Waals surface area contributed by atoms with E-state index >= 15 is 0 Å². The number of nitrogens with zero attached hydrogens (tertiary/aromatic N) is 3. The number of benzene rings is 1. The van der Waals surface area contributed by atoms with Gasteiger partial charge in [-0.1, -0.05) is 19.9 Å². The fraction of sp³-hybridized carbons (Fsp3) is 0.682. The number of hydrogen-bond acceptors (Lipinski definition) is 3. The van der Waals surface area contributed by atoms with Crippen molar-refractivity contribution in [3.63, 3.8) is 0 Å². The van der Waals surface area contributed by atoms with Crippen LogP contribution < -0.4 is 15.0 Å². The van der Waals surface area contributed by atoms with E-state index in [4.69, 9.17) is 9.73 Å². The molecule has 2 aliphatic heterocycles. The lowest BCUT2D eigenvalue weighted by Gasteiger charge is -2.62. The minimum atomic E-state index is 0. The molecule has 0 aromatic heterocycles. The van der Waals surface area contributed by atoms with Gasteiger partial charge in [-0.25, -0.2) is 0 Å². The molecule has 2 saturated heterocycles. The molecule has 1 aromatic rings. The van der Waals surface area contributed by atoms with Crippen LogP contribution in [0.4, 0.5) is 5.69 Å². The molecule has 5 nitrogen and oxygen atoms in total. The molecular weight excluding hydrogens is 463 g/mol. The highest BCUT2D eigenvalue weighted by molar-refractivity contribution is 14.0. The third-order valence-corrected chi connectivity index (χ3v) is 6.68. The molecule has 2 fully saturated rings. The molecule has 0 bridgehead atoms. The second-order valence-corrected chi connectivity index (χ2v) is 9.03. The van der Waals surface area contributed by atoms with Crippen LogP contribution in [0.15, 0.2) is 29.3 Å². The molecule has 1 unspecified atom stereocenters. The molecule has 1 N–H and O–H groups in total. The van der Waals surface area contributed by atoms with E-state index in [0.29, 0.717) is 11.3 Å². The number of methoxy groups -OCH3 is 1. The lowest BCUT2D eigenvalue weighted by molar-refractivity contribution is -0.0667. The van der Waals surface area contributed by atoms with Crippen LogP contribution in [0, 0.1) is 11.3 Å². The number of halogens is 1. The highest BCUT2D eigenvalue weighted by Gasteiger charge is 2.53. The summed E-state index contributed by atoms with van der Waals surface area (Å²) < 4.78 is 5.37. The quantitative estimate of drug-likeness (QED) is 0.374. The lowest BCUT2D eigenvalue weighted by atomic mass is 9.65. The monoisotopic (exact) mass is 500 g/mol. The standard InChI is InChI=1S/C22H36N4O.HI/c1-7-23-20(26-16-21(2,3)22(26,4)5)24-14-17-11-12-25(15-17)18-9-8-10-19(13-18)27-6;/h8-10,13,17H,7,11-12,14-16H2,1-6H3,(H,23,24);1H. The van der Waals surface area contributed by atoms with Gasteiger partial charge >= 0.3 is 0 Å². The van der Waals surface area contributed by atoms with E-state index in [1.165, 1.54) is 12.1 Å². The second kappa shape index (κ2) is 9.09. The summed E-state index contributed by atoms with van der Waals surface area (Å²) in [5.41, 5.74) is 1.70. The van der Waals surface area contributed by atoms with Crippen LogP contribution in [0.3, 0.4) is 0 Å². The van der Waals surface area contributed by atoms with Gasteiger partial charge in [-0.3, -0.25) is 4.99 Å². The number of aliphatic imine (C=N–C) groups is 1. The van der Waals surface area contributed by atoms with E-state index in [0.717, 1.165) is 44.4 Å². The maximum Gasteiger partial charge on any atom is 0.194 e. The SMILES string of the molecule is CCNC(=NCC1CCN(c2cccc(OC)c2)C1)N1CC(C)(C)C1(C)C.I. The third-order valence-electron chi connectivity index (χ3n) is 6.68. The average Bonchev–Trinajstić information content (AvgIpc) is 3.12. The molecule has 28 heavy (non-hydrogen) atoms. The Balaban J connectivity index is 0.00000280. The van der Waals surface area contributed by atoms with Crippen molar-refractivity contribution in [2.45, 2.75) is 46.6 Å². The third kappa shape index (κ3) is 4.52. The van der Waals surface area contributed by atoms with Gasteiger partial charge in [0.2, 0.25) is 0 Å². The fourth-order valence-electron chi connectivity index (χ4n) is 4.03. The van der Waals surface area contributed by atoms with E-state index in [1.807, 2.05) is 6.07 Å². The zero-order valence-electron chi connectivity index (χ0n) is 18.3. The number of rotatable bonds is 5. The predicted molar refractivity (Wildman–Crippen MR) is 129 cm³/mol. The Morgan fingerprint density at radius 2 is 2.04 bits per heavy atom. The van der Waals surface area contributed by atoms with Gasteiger partial charge in [0.25, 0.3) is 0 Å². The normalized spacial score (nSPS) is 23.1. The molecule has 1 aromatic carbocycles. The summed E-state index contributed by atoms with van der Waals surface area (Å²) >= 11 is 0. The summed E-state index contributed by atoms with van der Waals surface area (Å²) in [6, 6.07) is 8.36. The van der Waals surface area contributed by atoms with E-state index in [2.05, 4.69) is 67.9 Å². The first-order valence-electron chi connectivity index (χ1n) is 10.2. The first-order chi connectivity index (χ1) is 12.8. The van der Waals surface area contributed by atoms with Crippen molar-refractivity contribution in [3.05, 3.63) is 24.3 Å². The molecule has 158 valence electrons. The predicted octanol–water partition coefficient (Wildman–Crippen LogP) is 4.23. The molecule has 3 rings (SSSR count). The number of likely N-dealkylation sites (tertiary alicyclic amines) is 1. The van der Waals surface area contributed by atoms with Crippen molar-refractivity contribution < 1.29 is 4.74 Å². The van der Waals surface area contributed by atoms with Gasteiger partial charge in [0.15, 0.2) is 5.96 Å². The van der Waals surface area contributed by atoms with Crippen LogP contribution in [0.5, 0.6) is 5.75 Å². The fourth-order valence-corrected chi connectivity index (χ4v) is 4.03. The van der Waals surface area contributed by atoms with Gasteiger partial charge in [0.05, 0.1) is 7.11 Å². The van der Waals surface area contributed by atoms with Crippen molar-refractivity contribution in [1.82, 2.24) is 10.2 Å². The molecule has 2 heterocycles. The Hall–Kier alpha value is -1.18. The topological polar surface area (TPSA) is 40.1 Å². The number of anilines is 1. The highest BCUT2D eigenvalue weighted by Crippen LogP contribution is 2.46. The molecule has 0 aliphatic carbocycles. The second-order valence-electron chi connectivity index (χ2n) is 9.03. The molecule has 1 atom stereocenters. The summed E-state index contributed by atoms with van der Waals surface area (Å²) in [4.78, 5) is 9.91. The van der Waals surface area contributed by atoms with Crippen LogP contribution in [-0.2, 0) is 0 Å². The molecule has 0 radical (unpaired) electrons. The van der Waals surface area contributed by atoms with E-state index in [9.17, 15) is 0 Å². The van der Waals surface area contributed by atoms with Crippen LogP contribution in [0.25, 0.3) is 0 Å². The Kier molecular flexibility index (Phi) is 7.50. The first-order valence-corrected chi connectivity index (χ1v) is 10.2. The Bertz CT molecular complexity index is 689. The lowest BCUT2D eigenvalue weighted by Crippen LogP contribution is -2.72. The summed E-state index contributed by atoms with van der Waals surface area (Å²) in [6.07, 6.45) is 1.19. The largest absolute Gasteiger partial charge is 0.497 e. The van der Waals surface area contributed by atoms with Gasteiger partial charge in [-0.15, -0.1) is 24.0 Å². The summed E-state index contributed by atoms with van der Waals surface area (Å²) in [5.74, 6) is 2.59. The summed E-state index contributed by atoms with van der Waals surface area (Å²) in [7, 11) is 1.72. The maximum atomic E-state index is 5.37. The van der Waals surface area contributed by atoms with Gasteiger partial charge < -0.3 is 19.9 Å². The van der Waals surface area contributed by atoms with E-state index in [-0.39, 0.29) is 29.5 Å². The van der Waals surface area contributed by atoms with Crippen LogP contribution in [0.2, 0.25) is 0 Å². The van der Waals surface area contributed by atoms with Crippen molar-refractivity contribution in [2.24, 2.45) is 16.3 Å².